The third-order valence-electron chi connectivity index (χ3n) is 2.43. The Balaban J connectivity index is 2.94. The first-order chi connectivity index (χ1) is 8.04. The van der Waals surface area contributed by atoms with Crippen LogP contribution in [0.15, 0.2) is 27.4 Å². The van der Waals surface area contributed by atoms with E-state index in [0.29, 0.717) is 5.58 Å². The number of nitrogens with zero attached hydrogens (tertiary/aromatic N) is 1. The van der Waals surface area contributed by atoms with Crippen molar-refractivity contribution in [1.82, 2.24) is 0 Å². The molecule has 2 rings (SSSR count). The molecule has 0 saturated carbocycles. The zero-order valence-electron chi connectivity index (χ0n) is 9.31. The minimum atomic E-state index is -0.737. The molecule has 2 aromatic rings. The molecule has 0 spiro atoms. The van der Waals surface area contributed by atoms with Crippen LogP contribution < -0.4 is 10.7 Å². The Hall–Kier alpha value is -2.37. The molecule has 88 valence electrons. The van der Waals surface area contributed by atoms with Crippen LogP contribution in [0.2, 0.25) is 0 Å². The van der Waals surface area contributed by atoms with Crippen LogP contribution in [0.3, 0.4) is 0 Å². The monoisotopic (exact) mass is 234 g/mol. The van der Waals surface area contributed by atoms with Crippen LogP contribution in [0.1, 0.15) is 5.56 Å². The van der Waals surface area contributed by atoms with Crippen molar-refractivity contribution in [2.45, 2.75) is 6.92 Å². The number of rotatable bonds is 2. The second-order valence-electron chi connectivity index (χ2n) is 3.62. The highest BCUT2D eigenvalue weighted by molar-refractivity contribution is 5.82. The molecule has 0 aliphatic heterocycles. The zero-order valence-corrected chi connectivity index (χ0v) is 9.31. The summed E-state index contributed by atoms with van der Waals surface area (Å²) in [6, 6.07) is 4.97. The molecule has 0 aliphatic carbocycles. The number of hydrogen-bond acceptors (Lipinski definition) is 5. The van der Waals surface area contributed by atoms with Gasteiger partial charge in [0.15, 0.2) is 0 Å². The van der Waals surface area contributed by atoms with Gasteiger partial charge >= 0.3 is 5.69 Å². The molecule has 0 radical (unpaired) electrons. The Morgan fingerprint density at radius 1 is 1.41 bits per heavy atom. The van der Waals surface area contributed by atoms with Crippen LogP contribution >= 0.6 is 0 Å². The Morgan fingerprint density at radius 3 is 2.71 bits per heavy atom. The van der Waals surface area contributed by atoms with Gasteiger partial charge in [0.2, 0.25) is 0 Å². The van der Waals surface area contributed by atoms with Crippen molar-refractivity contribution >= 4 is 22.5 Å². The van der Waals surface area contributed by atoms with Crippen molar-refractivity contribution in [2.75, 3.05) is 12.4 Å². The molecule has 0 fully saturated rings. The lowest BCUT2D eigenvalue weighted by molar-refractivity contribution is -0.385. The number of aryl methyl sites for hydroxylation is 1. The van der Waals surface area contributed by atoms with Crippen molar-refractivity contribution in [3.8, 4) is 0 Å². The molecular weight excluding hydrogens is 224 g/mol. The maximum absolute atomic E-state index is 12.0. The fraction of sp³-hybridized carbons (Fsp3) is 0.182. The van der Waals surface area contributed by atoms with Crippen LogP contribution in [0, 0.1) is 17.0 Å². The molecule has 1 heterocycles. The van der Waals surface area contributed by atoms with Crippen LogP contribution in [0.4, 0.5) is 11.6 Å². The summed E-state index contributed by atoms with van der Waals surface area (Å²) in [7, 11) is 1.46. The number of benzene rings is 1. The van der Waals surface area contributed by atoms with Gasteiger partial charge in [0, 0.05) is 7.05 Å². The maximum atomic E-state index is 12.0. The van der Waals surface area contributed by atoms with Crippen LogP contribution in [0.5, 0.6) is 0 Å². The third-order valence-corrected chi connectivity index (χ3v) is 2.43. The van der Waals surface area contributed by atoms with E-state index in [1.807, 2.05) is 0 Å². The standard InChI is InChI=1S/C11H10N2O4/c1-6-3-4-8-7(5-6)10(14)9(13(15)16)11(12-2)17-8/h3-5,12H,1-2H3. The molecule has 0 bridgehead atoms. The van der Waals surface area contributed by atoms with E-state index >= 15 is 0 Å². The van der Waals surface area contributed by atoms with Crippen LogP contribution in [-0.2, 0) is 0 Å². The van der Waals surface area contributed by atoms with E-state index in [0.717, 1.165) is 5.56 Å². The van der Waals surface area contributed by atoms with E-state index in [2.05, 4.69) is 5.32 Å². The van der Waals surface area contributed by atoms with E-state index in [4.69, 9.17) is 4.42 Å². The predicted molar refractivity (Wildman–Crippen MR) is 63.4 cm³/mol. The summed E-state index contributed by atoms with van der Waals surface area (Å²) in [4.78, 5) is 22.1. The third kappa shape index (κ3) is 1.73. The minimum Gasteiger partial charge on any atom is -0.434 e. The summed E-state index contributed by atoms with van der Waals surface area (Å²) in [5.74, 6) is -0.128. The van der Waals surface area contributed by atoms with Gasteiger partial charge < -0.3 is 9.73 Å². The molecule has 1 aromatic heterocycles. The average molecular weight is 234 g/mol. The first kappa shape index (κ1) is 11.1. The fourth-order valence-corrected chi connectivity index (χ4v) is 1.63. The van der Waals surface area contributed by atoms with Crippen molar-refractivity contribution < 1.29 is 9.34 Å². The Kier molecular flexibility index (Phi) is 2.55. The van der Waals surface area contributed by atoms with Gasteiger partial charge in [0.25, 0.3) is 11.3 Å². The molecule has 0 atom stereocenters. The molecule has 1 N–H and O–H groups in total. The van der Waals surface area contributed by atoms with E-state index in [9.17, 15) is 14.9 Å². The quantitative estimate of drug-likeness (QED) is 0.634. The molecule has 17 heavy (non-hydrogen) atoms. The lowest BCUT2D eigenvalue weighted by Crippen LogP contribution is -2.11. The van der Waals surface area contributed by atoms with E-state index in [1.54, 1.807) is 25.1 Å². The topological polar surface area (TPSA) is 85.4 Å². The summed E-state index contributed by atoms with van der Waals surface area (Å²) in [6.45, 7) is 1.80. The van der Waals surface area contributed by atoms with Gasteiger partial charge in [0.1, 0.15) is 5.58 Å². The van der Waals surface area contributed by atoms with E-state index in [-0.39, 0.29) is 11.3 Å². The van der Waals surface area contributed by atoms with Gasteiger partial charge in [-0.25, -0.2) is 0 Å². The molecule has 1 aromatic carbocycles. The van der Waals surface area contributed by atoms with Crippen LogP contribution in [0.25, 0.3) is 11.0 Å². The lowest BCUT2D eigenvalue weighted by atomic mass is 10.1. The first-order valence-electron chi connectivity index (χ1n) is 4.94. The van der Waals surface area contributed by atoms with E-state index in [1.165, 1.54) is 7.05 Å². The fourth-order valence-electron chi connectivity index (χ4n) is 1.63. The Morgan fingerprint density at radius 2 is 2.12 bits per heavy atom. The summed E-state index contributed by atoms with van der Waals surface area (Å²) in [5, 5.41) is 13.6. The second kappa shape index (κ2) is 3.89. The van der Waals surface area contributed by atoms with Gasteiger partial charge in [-0.3, -0.25) is 14.9 Å². The largest absolute Gasteiger partial charge is 0.434 e. The first-order valence-corrected chi connectivity index (χ1v) is 4.94. The van der Waals surface area contributed by atoms with Gasteiger partial charge in [-0.05, 0) is 19.1 Å². The molecule has 0 unspecified atom stereocenters. The SMILES string of the molecule is CNc1oc2ccc(C)cc2c(=O)c1[N+](=O)[O-]. The number of fused-ring (bicyclic) bond motifs is 1. The summed E-state index contributed by atoms with van der Waals surface area (Å²) < 4.78 is 5.29. The number of nitrogens with one attached hydrogen (secondary N) is 1. The average Bonchev–Trinajstić information content (AvgIpc) is 2.29. The summed E-state index contributed by atoms with van der Waals surface area (Å²) in [5.41, 5.74) is -0.0262. The zero-order chi connectivity index (χ0) is 12.6. The maximum Gasteiger partial charge on any atom is 0.376 e. The van der Waals surface area contributed by atoms with Crippen molar-refractivity contribution in [2.24, 2.45) is 0 Å². The molecule has 6 heteroatoms. The number of anilines is 1. The highest BCUT2D eigenvalue weighted by Crippen LogP contribution is 2.25. The van der Waals surface area contributed by atoms with E-state index < -0.39 is 16.0 Å². The summed E-state index contributed by atoms with van der Waals surface area (Å²) in [6.07, 6.45) is 0. The lowest BCUT2D eigenvalue weighted by Gasteiger charge is -2.03. The van der Waals surface area contributed by atoms with Crippen molar-refractivity contribution in [1.29, 1.82) is 0 Å². The molecule has 0 saturated heterocycles. The minimum absolute atomic E-state index is 0.128. The number of nitro groups is 1. The molecular formula is C11H10N2O4. The molecule has 6 nitrogen and oxygen atoms in total. The van der Waals surface area contributed by atoms with Gasteiger partial charge in [-0.2, -0.15) is 0 Å². The normalized spacial score (nSPS) is 10.5. The van der Waals surface area contributed by atoms with Gasteiger partial charge in [-0.15, -0.1) is 0 Å². The summed E-state index contributed by atoms with van der Waals surface area (Å²) >= 11 is 0. The molecule has 0 aliphatic rings. The predicted octanol–water partition coefficient (Wildman–Crippen LogP) is 2.05. The highest BCUT2D eigenvalue weighted by atomic mass is 16.6. The molecule has 0 amide bonds. The van der Waals surface area contributed by atoms with Crippen molar-refractivity contribution in [3.05, 3.63) is 44.1 Å². The highest BCUT2D eigenvalue weighted by Gasteiger charge is 2.23. The Labute approximate surface area is 96.0 Å². The van der Waals surface area contributed by atoms with Gasteiger partial charge in [-0.1, -0.05) is 11.6 Å². The number of hydrogen-bond donors (Lipinski definition) is 1. The smallest absolute Gasteiger partial charge is 0.376 e. The Bertz CT molecular complexity index is 660. The van der Waals surface area contributed by atoms with Gasteiger partial charge in [0.05, 0.1) is 10.3 Å². The van der Waals surface area contributed by atoms with Crippen molar-refractivity contribution in [3.63, 3.8) is 0 Å². The second-order valence-corrected chi connectivity index (χ2v) is 3.62. The van der Waals surface area contributed by atoms with Crippen LogP contribution in [-0.4, -0.2) is 12.0 Å².